The molecule has 3 aliphatic rings. The van der Waals surface area contributed by atoms with E-state index in [4.69, 9.17) is 0 Å². The van der Waals surface area contributed by atoms with Crippen LogP contribution in [0.25, 0.3) is 0 Å². The van der Waals surface area contributed by atoms with Crippen LogP contribution in [0.5, 0.6) is 0 Å². The molecule has 0 aromatic heterocycles. The van der Waals surface area contributed by atoms with Crippen molar-refractivity contribution in [2.45, 2.75) is 51.9 Å². The van der Waals surface area contributed by atoms with Crippen molar-refractivity contribution in [3.05, 3.63) is 22.5 Å². The van der Waals surface area contributed by atoms with Crippen LogP contribution in [0.15, 0.2) is 22.5 Å². The molecular formula is C15H19NO2. The molecule has 0 unspecified atom stereocenters. The smallest absolute Gasteiger partial charge is 0.161 e. The first-order chi connectivity index (χ1) is 8.72. The van der Waals surface area contributed by atoms with Gasteiger partial charge in [-0.05, 0) is 32.1 Å². The zero-order valence-electron chi connectivity index (χ0n) is 10.8. The summed E-state index contributed by atoms with van der Waals surface area (Å²) < 4.78 is 0. The highest BCUT2D eigenvalue weighted by atomic mass is 16.1. The Morgan fingerprint density at radius 2 is 1.44 bits per heavy atom. The topological polar surface area (TPSA) is 46.2 Å². The van der Waals surface area contributed by atoms with Gasteiger partial charge in [0.15, 0.2) is 11.6 Å². The second-order valence-electron chi connectivity index (χ2n) is 5.42. The van der Waals surface area contributed by atoms with Gasteiger partial charge in [-0.1, -0.05) is 6.92 Å². The molecule has 0 bridgehead atoms. The standard InChI is InChI=1S/C15H19NO2/c1-2-9-14-10(5-3-7-12(14)17)16-11-6-4-8-13(18)15(9)11/h9,16H,2-8H2,1H3. The number of dihydropyridines is 1. The number of carbonyl (C=O) groups is 2. The van der Waals surface area contributed by atoms with E-state index in [0.29, 0.717) is 12.8 Å². The predicted molar refractivity (Wildman–Crippen MR) is 68.7 cm³/mol. The number of hydrogen-bond acceptors (Lipinski definition) is 3. The van der Waals surface area contributed by atoms with Gasteiger partial charge in [-0.2, -0.15) is 0 Å². The molecular weight excluding hydrogens is 226 g/mol. The Bertz CT molecular complexity index is 443. The third-order valence-corrected chi connectivity index (χ3v) is 4.32. The summed E-state index contributed by atoms with van der Waals surface area (Å²) in [6.07, 6.45) is 5.96. The van der Waals surface area contributed by atoms with Gasteiger partial charge in [0.1, 0.15) is 0 Å². The van der Waals surface area contributed by atoms with E-state index < -0.39 is 0 Å². The number of nitrogens with one attached hydrogen (secondary N) is 1. The lowest BCUT2D eigenvalue weighted by atomic mass is 9.73. The summed E-state index contributed by atoms with van der Waals surface area (Å²) in [6.45, 7) is 2.08. The van der Waals surface area contributed by atoms with Crippen molar-refractivity contribution in [2.75, 3.05) is 0 Å². The number of rotatable bonds is 1. The van der Waals surface area contributed by atoms with Gasteiger partial charge in [-0.3, -0.25) is 9.59 Å². The number of carbonyl (C=O) groups excluding carboxylic acids is 2. The molecule has 1 aliphatic heterocycles. The normalized spacial score (nSPS) is 24.9. The first kappa shape index (κ1) is 11.7. The molecule has 3 heteroatoms. The molecule has 18 heavy (non-hydrogen) atoms. The second-order valence-corrected chi connectivity index (χ2v) is 5.42. The minimum atomic E-state index is 0.0665. The van der Waals surface area contributed by atoms with Crippen LogP contribution < -0.4 is 5.32 Å². The fourth-order valence-electron chi connectivity index (χ4n) is 3.53. The van der Waals surface area contributed by atoms with E-state index in [1.807, 2.05) is 0 Å². The Morgan fingerprint density at radius 1 is 0.944 bits per heavy atom. The van der Waals surface area contributed by atoms with E-state index in [1.165, 1.54) is 0 Å². The average molecular weight is 245 g/mol. The maximum atomic E-state index is 12.1. The van der Waals surface area contributed by atoms with E-state index in [1.54, 1.807) is 0 Å². The van der Waals surface area contributed by atoms with E-state index in [2.05, 4.69) is 12.2 Å². The molecule has 3 rings (SSSR count). The van der Waals surface area contributed by atoms with Gasteiger partial charge in [0.2, 0.25) is 0 Å². The van der Waals surface area contributed by atoms with Crippen molar-refractivity contribution < 1.29 is 9.59 Å². The highest BCUT2D eigenvalue weighted by Crippen LogP contribution is 2.40. The Balaban J connectivity index is 2.07. The molecule has 0 spiro atoms. The Hall–Kier alpha value is -1.38. The fourth-order valence-corrected chi connectivity index (χ4v) is 3.53. The molecule has 96 valence electrons. The SMILES string of the molecule is CCC1C2=C(CCCC2=O)NC2=C1C(=O)CCC2. The fraction of sp³-hybridized carbons (Fsp3) is 0.600. The van der Waals surface area contributed by atoms with Crippen molar-refractivity contribution in [3.63, 3.8) is 0 Å². The highest BCUT2D eigenvalue weighted by Gasteiger charge is 2.38. The summed E-state index contributed by atoms with van der Waals surface area (Å²) in [5, 5.41) is 3.40. The molecule has 0 radical (unpaired) electrons. The van der Waals surface area contributed by atoms with Gasteiger partial charge in [0.25, 0.3) is 0 Å². The van der Waals surface area contributed by atoms with Gasteiger partial charge in [-0.25, -0.2) is 0 Å². The maximum Gasteiger partial charge on any atom is 0.161 e. The second kappa shape index (κ2) is 4.38. The van der Waals surface area contributed by atoms with Gasteiger partial charge in [0.05, 0.1) is 0 Å². The maximum absolute atomic E-state index is 12.1. The van der Waals surface area contributed by atoms with Gasteiger partial charge < -0.3 is 5.32 Å². The van der Waals surface area contributed by atoms with Crippen LogP contribution in [0.4, 0.5) is 0 Å². The lowest BCUT2D eigenvalue weighted by Crippen LogP contribution is -2.36. The molecule has 0 saturated heterocycles. The van der Waals surface area contributed by atoms with Gasteiger partial charge >= 0.3 is 0 Å². The Kier molecular flexibility index (Phi) is 2.84. The molecule has 1 heterocycles. The van der Waals surface area contributed by atoms with E-state index in [-0.39, 0.29) is 17.5 Å². The van der Waals surface area contributed by atoms with Crippen LogP contribution in [0.2, 0.25) is 0 Å². The molecule has 0 atom stereocenters. The summed E-state index contributed by atoms with van der Waals surface area (Å²) >= 11 is 0. The van der Waals surface area contributed by atoms with E-state index in [0.717, 1.165) is 54.6 Å². The monoisotopic (exact) mass is 245 g/mol. The number of allylic oxidation sites excluding steroid dienone is 4. The molecule has 2 aliphatic carbocycles. The average Bonchev–Trinajstić information content (AvgIpc) is 2.37. The van der Waals surface area contributed by atoms with Crippen LogP contribution in [0.1, 0.15) is 51.9 Å². The van der Waals surface area contributed by atoms with Crippen molar-refractivity contribution in [1.29, 1.82) is 0 Å². The summed E-state index contributed by atoms with van der Waals surface area (Å²) in [5.41, 5.74) is 4.04. The highest BCUT2D eigenvalue weighted by molar-refractivity contribution is 6.04. The number of Topliss-reactive ketones (excluding diaryl/α,β-unsaturated/α-hetero) is 2. The molecule has 0 saturated carbocycles. The molecule has 3 nitrogen and oxygen atoms in total. The quantitative estimate of drug-likeness (QED) is 0.772. The lowest BCUT2D eigenvalue weighted by molar-refractivity contribution is -0.117. The van der Waals surface area contributed by atoms with Crippen molar-refractivity contribution in [2.24, 2.45) is 5.92 Å². The predicted octanol–water partition coefficient (Wildman–Crippen LogP) is 2.63. The molecule has 1 N–H and O–H groups in total. The minimum absolute atomic E-state index is 0.0665. The molecule has 0 aromatic rings. The zero-order valence-corrected chi connectivity index (χ0v) is 10.8. The first-order valence-corrected chi connectivity index (χ1v) is 7.02. The zero-order chi connectivity index (χ0) is 12.7. The van der Waals surface area contributed by atoms with E-state index in [9.17, 15) is 9.59 Å². The van der Waals surface area contributed by atoms with E-state index >= 15 is 0 Å². The van der Waals surface area contributed by atoms with Crippen LogP contribution in [0, 0.1) is 5.92 Å². The largest absolute Gasteiger partial charge is 0.362 e. The van der Waals surface area contributed by atoms with Crippen LogP contribution in [0.3, 0.4) is 0 Å². The Morgan fingerprint density at radius 3 is 1.89 bits per heavy atom. The van der Waals surface area contributed by atoms with Crippen molar-refractivity contribution in [1.82, 2.24) is 5.32 Å². The third-order valence-electron chi connectivity index (χ3n) is 4.32. The summed E-state index contributed by atoms with van der Waals surface area (Å²) in [6, 6.07) is 0. The van der Waals surface area contributed by atoms with Crippen molar-refractivity contribution in [3.8, 4) is 0 Å². The minimum Gasteiger partial charge on any atom is -0.362 e. The molecule has 0 fully saturated rings. The summed E-state index contributed by atoms with van der Waals surface area (Å²) in [7, 11) is 0. The lowest BCUT2D eigenvalue weighted by Gasteiger charge is -2.36. The van der Waals surface area contributed by atoms with Crippen LogP contribution >= 0.6 is 0 Å². The Labute approximate surface area is 107 Å². The molecule has 0 amide bonds. The number of ketones is 2. The van der Waals surface area contributed by atoms with Gasteiger partial charge in [0, 0.05) is 41.3 Å². The molecule has 0 aromatic carbocycles. The van der Waals surface area contributed by atoms with Crippen molar-refractivity contribution >= 4 is 11.6 Å². The third kappa shape index (κ3) is 1.64. The van der Waals surface area contributed by atoms with Crippen LogP contribution in [-0.4, -0.2) is 11.6 Å². The summed E-state index contributed by atoms with van der Waals surface area (Å²) in [5.74, 6) is 0.567. The number of hydrogen-bond donors (Lipinski definition) is 1. The van der Waals surface area contributed by atoms with Crippen LogP contribution in [-0.2, 0) is 9.59 Å². The first-order valence-electron chi connectivity index (χ1n) is 7.02. The van der Waals surface area contributed by atoms with Gasteiger partial charge in [-0.15, -0.1) is 0 Å². The summed E-state index contributed by atoms with van der Waals surface area (Å²) in [4.78, 5) is 24.3.